The molecule has 2 aromatic rings. The van der Waals surface area contributed by atoms with Crippen molar-refractivity contribution in [2.75, 3.05) is 5.32 Å². The smallest absolute Gasteiger partial charge is 0.337 e. The number of halogens is 1. The fraction of sp³-hybridized carbons (Fsp3) is 0.143. The Hall–Kier alpha value is -1.61. The molecule has 0 unspecified atom stereocenters. The quantitative estimate of drug-likeness (QED) is 0.666. The van der Waals surface area contributed by atoms with Gasteiger partial charge in [-0.25, -0.2) is 9.59 Å². The highest BCUT2D eigenvalue weighted by atomic mass is 127. The SMILES string of the molecule is Cc1cscc1CNC(=O)Nc1ccc(I)cc1C(=O)O. The summed E-state index contributed by atoms with van der Waals surface area (Å²) in [4.78, 5) is 23.0. The van der Waals surface area contributed by atoms with Crippen LogP contribution in [0.1, 0.15) is 21.5 Å². The Kier molecular flexibility index (Phi) is 5.18. The van der Waals surface area contributed by atoms with Crippen LogP contribution in [0, 0.1) is 10.5 Å². The molecule has 21 heavy (non-hydrogen) atoms. The van der Waals surface area contributed by atoms with E-state index in [1.807, 2.05) is 40.3 Å². The average Bonchev–Trinajstić information content (AvgIpc) is 2.84. The number of nitrogens with one attached hydrogen (secondary N) is 2. The predicted octanol–water partition coefficient (Wildman–Crippen LogP) is 3.68. The summed E-state index contributed by atoms with van der Waals surface area (Å²) < 4.78 is 0.796. The molecule has 0 fully saturated rings. The maximum absolute atomic E-state index is 11.9. The number of anilines is 1. The summed E-state index contributed by atoms with van der Waals surface area (Å²) in [5.74, 6) is -1.07. The summed E-state index contributed by atoms with van der Waals surface area (Å²) in [5.41, 5.74) is 2.53. The van der Waals surface area contributed by atoms with Crippen molar-refractivity contribution in [3.05, 3.63) is 49.2 Å². The lowest BCUT2D eigenvalue weighted by Gasteiger charge is -2.10. The van der Waals surface area contributed by atoms with Crippen LogP contribution in [-0.2, 0) is 6.54 Å². The third kappa shape index (κ3) is 4.18. The summed E-state index contributed by atoms with van der Waals surface area (Å²) in [6, 6.07) is 4.41. The van der Waals surface area contributed by atoms with Crippen LogP contribution in [0.15, 0.2) is 29.0 Å². The molecule has 0 spiro atoms. The van der Waals surface area contributed by atoms with Crippen molar-refractivity contribution in [2.24, 2.45) is 0 Å². The largest absolute Gasteiger partial charge is 0.478 e. The molecule has 5 nitrogen and oxygen atoms in total. The highest BCUT2D eigenvalue weighted by Gasteiger charge is 2.13. The Morgan fingerprint density at radius 3 is 2.71 bits per heavy atom. The van der Waals surface area contributed by atoms with E-state index in [0.29, 0.717) is 6.54 Å². The molecule has 0 aliphatic heterocycles. The number of amides is 2. The predicted molar refractivity (Wildman–Crippen MR) is 91.0 cm³/mol. The third-order valence-electron chi connectivity index (χ3n) is 2.86. The number of carboxylic acids is 1. The molecule has 0 aliphatic rings. The number of urea groups is 1. The van der Waals surface area contributed by atoms with Crippen LogP contribution >= 0.6 is 33.9 Å². The van der Waals surface area contributed by atoms with Gasteiger partial charge in [0.25, 0.3) is 0 Å². The second kappa shape index (κ2) is 6.90. The maximum atomic E-state index is 11.9. The number of aromatic carboxylic acids is 1. The van der Waals surface area contributed by atoms with E-state index in [1.54, 1.807) is 23.5 Å². The van der Waals surface area contributed by atoms with E-state index >= 15 is 0 Å². The van der Waals surface area contributed by atoms with Gasteiger partial charge in [-0.15, -0.1) is 0 Å². The number of rotatable bonds is 4. The minimum Gasteiger partial charge on any atom is -0.478 e. The molecule has 0 atom stereocenters. The van der Waals surface area contributed by atoms with Gasteiger partial charge in [0, 0.05) is 10.1 Å². The van der Waals surface area contributed by atoms with Crippen molar-refractivity contribution in [1.29, 1.82) is 0 Å². The van der Waals surface area contributed by atoms with E-state index < -0.39 is 12.0 Å². The zero-order valence-corrected chi connectivity index (χ0v) is 14.1. The first-order valence-electron chi connectivity index (χ1n) is 6.06. The number of hydrogen-bond acceptors (Lipinski definition) is 3. The van der Waals surface area contributed by atoms with Crippen LogP contribution in [0.5, 0.6) is 0 Å². The van der Waals surface area contributed by atoms with Crippen LogP contribution in [0.2, 0.25) is 0 Å². The highest BCUT2D eigenvalue weighted by molar-refractivity contribution is 14.1. The molecule has 0 bridgehead atoms. The molecule has 0 saturated carbocycles. The molecule has 2 amide bonds. The average molecular weight is 416 g/mol. The van der Waals surface area contributed by atoms with Crippen LogP contribution in [0.25, 0.3) is 0 Å². The van der Waals surface area contributed by atoms with Crippen LogP contribution in [-0.4, -0.2) is 17.1 Å². The Morgan fingerprint density at radius 2 is 2.10 bits per heavy atom. The van der Waals surface area contributed by atoms with Gasteiger partial charge in [0.05, 0.1) is 11.3 Å². The fourth-order valence-corrected chi connectivity index (χ4v) is 3.06. The van der Waals surface area contributed by atoms with E-state index in [-0.39, 0.29) is 11.3 Å². The lowest BCUT2D eigenvalue weighted by Crippen LogP contribution is -2.29. The lowest BCUT2D eigenvalue weighted by molar-refractivity contribution is 0.0698. The standard InChI is InChI=1S/C14H13IN2O3S/c1-8-6-21-7-9(8)5-16-14(20)17-12-3-2-10(15)4-11(12)13(18)19/h2-4,6-7H,5H2,1H3,(H,18,19)(H2,16,17,20). The van der Waals surface area contributed by atoms with Crippen LogP contribution in [0.3, 0.4) is 0 Å². The number of benzene rings is 1. The number of carboxylic acid groups (broad SMARTS) is 1. The first kappa shape index (κ1) is 15.8. The Bertz CT molecular complexity index is 685. The van der Waals surface area contributed by atoms with Crippen molar-refractivity contribution < 1.29 is 14.7 Å². The number of carbonyl (C=O) groups is 2. The first-order valence-corrected chi connectivity index (χ1v) is 8.09. The number of carbonyl (C=O) groups excluding carboxylic acids is 1. The number of aryl methyl sites for hydroxylation is 1. The second-order valence-electron chi connectivity index (χ2n) is 4.38. The number of hydrogen-bond donors (Lipinski definition) is 3. The van der Waals surface area contributed by atoms with E-state index in [9.17, 15) is 9.59 Å². The molecule has 110 valence electrons. The van der Waals surface area contributed by atoms with Crippen molar-refractivity contribution in [3.8, 4) is 0 Å². The van der Waals surface area contributed by atoms with E-state index in [1.165, 1.54) is 6.07 Å². The van der Waals surface area contributed by atoms with E-state index in [2.05, 4.69) is 10.6 Å². The molecular formula is C14H13IN2O3S. The molecule has 0 radical (unpaired) electrons. The minimum atomic E-state index is -1.07. The van der Waals surface area contributed by atoms with Gasteiger partial charge in [0.15, 0.2) is 0 Å². The third-order valence-corrected chi connectivity index (χ3v) is 4.44. The zero-order chi connectivity index (χ0) is 15.4. The van der Waals surface area contributed by atoms with Gasteiger partial charge in [0.2, 0.25) is 0 Å². The van der Waals surface area contributed by atoms with Gasteiger partial charge >= 0.3 is 12.0 Å². The monoisotopic (exact) mass is 416 g/mol. The van der Waals surface area contributed by atoms with Crippen molar-refractivity contribution in [1.82, 2.24) is 5.32 Å². The molecule has 3 N–H and O–H groups in total. The molecule has 0 saturated heterocycles. The molecule has 7 heteroatoms. The molecule has 1 aromatic carbocycles. The van der Waals surface area contributed by atoms with Gasteiger partial charge in [0.1, 0.15) is 0 Å². The Morgan fingerprint density at radius 1 is 1.33 bits per heavy atom. The second-order valence-corrected chi connectivity index (χ2v) is 6.37. The van der Waals surface area contributed by atoms with Crippen molar-refractivity contribution in [2.45, 2.75) is 13.5 Å². The van der Waals surface area contributed by atoms with Gasteiger partial charge < -0.3 is 15.7 Å². The maximum Gasteiger partial charge on any atom is 0.337 e. The fourth-order valence-electron chi connectivity index (χ4n) is 1.71. The molecule has 0 aliphatic carbocycles. The van der Waals surface area contributed by atoms with E-state index in [0.717, 1.165) is 14.7 Å². The van der Waals surface area contributed by atoms with Crippen LogP contribution < -0.4 is 10.6 Å². The summed E-state index contributed by atoms with van der Waals surface area (Å²) in [6.45, 7) is 2.39. The van der Waals surface area contributed by atoms with Crippen molar-refractivity contribution in [3.63, 3.8) is 0 Å². The van der Waals surface area contributed by atoms with Gasteiger partial charge in [-0.2, -0.15) is 11.3 Å². The van der Waals surface area contributed by atoms with Gasteiger partial charge in [-0.3, -0.25) is 0 Å². The van der Waals surface area contributed by atoms with Crippen molar-refractivity contribution >= 4 is 51.6 Å². The highest BCUT2D eigenvalue weighted by Crippen LogP contribution is 2.19. The summed E-state index contributed by atoms with van der Waals surface area (Å²) >= 11 is 3.61. The Labute approximate surface area is 139 Å². The van der Waals surface area contributed by atoms with Crippen LogP contribution in [0.4, 0.5) is 10.5 Å². The molecule has 1 heterocycles. The zero-order valence-electron chi connectivity index (χ0n) is 11.1. The molecule has 2 rings (SSSR count). The summed E-state index contributed by atoms with van der Waals surface area (Å²) in [5, 5.41) is 18.4. The first-order chi connectivity index (χ1) is 9.97. The van der Waals surface area contributed by atoms with Gasteiger partial charge in [-0.05, 0) is 69.6 Å². The molecule has 1 aromatic heterocycles. The molecular weight excluding hydrogens is 403 g/mol. The summed E-state index contributed by atoms with van der Waals surface area (Å²) in [7, 11) is 0. The summed E-state index contributed by atoms with van der Waals surface area (Å²) in [6.07, 6.45) is 0. The van der Waals surface area contributed by atoms with E-state index in [4.69, 9.17) is 5.11 Å². The van der Waals surface area contributed by atoms with Gasteiger partial charge in [-0.1, -0.05) is 0 Å². The number of thiophene rings is 1. The lowest BCUT2D eigenvalue weighted by atomic mass is 10.2. The topological polar surface area (TPSA) is 78.4 Å². The minimum absolute atomic E-state index is 0.0729. The normalized spacial score (nSPS) is 10.2. The Balaban J connectivity index is 2.03.